The molecule has 0 unspecified atom stereocenters. The minimum absolute atomic E-state index is 0.0211. The maximum atomic E-state index is 13.6. The molecule has 4 nitrogen and oxygen atoms in total. The Kier molecular flexibility index (Phi) is 5.31. The highest BCUT2D eigenvalue weighted by atomic mass is 19.1. The lowest BCUT2D eigenvalue weighted by molar-refractivity contribution is -0.140. The Morgan fingerprint density at radius 1 is 1.43 bits per heavy atom. The fourth-order valence-corrected chi connectivity index (χ4v) is 2.86. The van der Waals surface area contributed by atoms with Crippen molar-refractivity contribution in [3.8, 4) is 0 Å². The maximum absolute atomic E-state index is 13.6. The summed E-state index contributed by atoms with van der Waals surface area (Å²) in [7, 11) is 3.23. The molecule has 1 N–H and O–H groups in total. The van der Waals surface area contributed by atoms with E-state index < -0.39 is 6.10 Å². The zero-order valence-electron chi connectivity index (χ0n) is 12.5. The Balaban J connectivity index is 1.98. The Labute approximate surface area is 124 Å². The van der Waals surface area contributed by atoms with Gasteiger partial charge in [0, 0.05) is 32.2 Å². The van der Waals surface area contributed by atoms with Crippen molar-refractivity contribution < 1.29 is 19.0 Å². The molecule has 0 saturated heterocycles. The van der Waals surface area contributed by atoms with Gasteiger partial charge >= 0.3 is 0 Å². The SMILES string of the molecule is CO[C@@H]1C[C@H](C(=O)N(C)Cc2ccccc2F)CC[C@@H]1O. The number of methoxy groups -OCH3 is 1. The topological polar surface area (TPSA) is 49.8 Å². The van der Waals surface area contributed by atoms with Crippen molar-refractivity contribution in [1.29, 1.82) is 0 Å². The summed E-state index contributed by atoms with van der Waals surface area (Å²) in [4.78, 5) is 14.0. The molecular weight excluding hydrogens is 273 g/mol. The van der Waals surface area contributed by atoms with Crippen molar-refractivity contribution in [1.82, 2.24) is 4.90 Å². The third kappa shape index (κ3) is 3.80. The van der Waals surface area contributed by atoms with Gasteiger partial charge in [0.15, 0.2) is 0 Å². The molecule has 21 heavy (non-hydrogen) atoms. The van der Waals surface area contributed by atoms with Gasteiger partial charge < -0.3 is 14.7 Å². The second-order valence-electron chi connectivity index (χ2n) is 5.64. The van der Waals surface area contributed by atoms with Crippen molar-refractivity contribution >= 4 is 5.91 Å². The molecule has 0 heterocycles. The molecule has 1 aromatic carbocycles. The van der Waals surface area contributed by atoms with Crippen molar-refractivity contribution in [2.45, 2.75) is 38.0 Å². The Morgan fingerprint density at radius 2 is 2.14 bits per heavy atom. The van der Waals surface area contributed by atoms with Gasteiger partial charge in [-0.1, -0.05) is 18.2 Å². The van der Waals surface area contributed by atoms with Gasteiger partial charge in [0.25, 0.3) is 0 Å². The van der Waals surface area contributed by atoms with Crippen molar-refractivity contribution in [3.05, 3.63) is 35.6 Å². The summed E-state index contributed by atoms with van der Waals surface area (Å²) in [5.74, 6) is -0.492. The van der Waals surface area contributed by atoms with Gasteiger partial charge in [-0.3, -0.25) is 4.79 Å². The average Bonchev–Trinajstić information content (AvgIpc) is 2.49. The smallest absolute Gasteiger partial charge is 0.225 e. The highest BCUT2D eigenvalue weighted by Gasteiger charge is 2.34. The van der Waals surface area contributed by atoms with Crippen LogP contribution in [0.3, 0.4) is 0 Å². The van der Waals surface area contributed by atoms with E-state index in [9.17, 15) is 14.3 Å². The number of carbonyl (C=O) groups is 1. The number of benzene rings is 1. The van der Waals surface area contributed by atoms with Crippen LogP contribution in [0.5, 0.6) is 0 Å². The predicted molar refractivity (Wildman–Crippen MR) is 77.0 cm³/mol. The molecule has 1 saturated carbocycles. The molecule has 1 aliphatic rings. The van der Waals surface area contributed by atoms with Gasteiger partial charge in [-0.15, -0.1) is 0 Å². The molecular formula is C16H22FNO3. The van der Waals surface area contributed by atoms with Crippen molar-refractivity contribution in [2.75, 3.05) is 14.2 Å². The number of carbonyl (C=O) groups excluding carboxylic acids is 1. The molecule has 0 bridgehead atoms. The lowest BCUT2D eigenvalue weighted by Crippen LogP contribution is -2.42. The van der Waals surface area contributed by atoms with E-state index >= 15 is 0 Å². The van der Waals surface area contributed by atoms with Crippen LogP contribution in [0.25, 0.3) is 0 Å². The Hall–Kier alpha value is -1.46. The molecule has 5 heteroatoms. The highest BCUT2D eigenvalue weighted by Crippen LogP contribution is 2.28. The van der Waals surface area contributed by atoms with Crippen LogP contribution in [0.15, 0.2) is 24.3 Å². The number of rotatable bonds is 4. The minimum atomic E-state index is -0.504. The van der Waals surface area contributed by atoms with Gasteiger partial charge in [-0.05, 0) is 25.3 Å². The van der Waals surface area contributed by atoms with Crippen molar-refractivity contribution in [2.24, 2.45) is 5.92 Å². The zero-order chi connectivity index (χ0) is 15.4. The molecule has 1 aliphatic carbocycles. The van der Waals surface area contributed by atoms with Crippen molar-refractivity contribution in [3.63, 3.8) is 0 Å². The van der Waals surface area contributed by atoms with E-state index in [1.807, 2.05) is 0 Å². The Morgan fingerprint density at radius 3 is 2.81 bits per heavy atom. The first-order valence-corrected chi connectivity index (χ1v) is 7.22. The number of ether oxygens (including phenoxy) is 1. The van der Waals surface area contributed by atoms with E-state index in [0.717, 1.165) is 0 Å². The van der Waals surface area contributed by atoms with E-state index in [2.05, 4.69) is 0 Å². The number of hydrogen-bond donors (Lipinski definition) is 1. The summed E-state index contributed by atoms with van der Waals surface area (Å²) in [6.07, 6.45) is 0.910. The summed E-state index contributed by atoms with van der Waals surface area (Å²) >= 11 is 0. The highest BCUT2D eigenvalue weighted by molar-refractivity contribution is 5.78. The van der Waals surface area contributed by atoms with E-state index in [0.29, 0.717) is 24.8 Å². The summed E-state index contributed by atoms with van der Waals surface area (Å²) in [6.45, 7) is 0.252. The molecule has 0 aromatic heterocycles. The summed E-state index contributed by atoms with van der Waals surface area (Å²) < 4.78 is 18.9. The standard InChI is InChI=1S/C16H22FNO3/c1-18(10-12-5-3-4-6-13(12)17)16(20)11-7-8-14(19)15(9-11)21-2/h3-6,11,14-15,19H,7-10H2,1-2H3/t11-,14+,15-/m1/s1. The monoisotopic (exact) mass is 295 g/mol. The lowest BCUT2D eigenvalue weighted by Gasteiger charge is -2.33. The lowest BCUT2D eigenvalue weighted by atomic mass is 9.84. The number of halogens is 1. The van der Waals surface area contributed by atoms with Crippen LogP contribution < -0.4 is 0 Å². The summed E-state index contributed by atoms with van der Waals surface area (Å²) in [6, 6.07) is 6.47. The third-order valence-corrected chi connectivity index (χ3v) is 4.15. The van der Waals surface area contributed by atoms with Gasteiger partial charge in [-0.25, -0.2) is 4.39 Å². The normalized spacial score (nSPS) is 25.6. The Bertz CT molecular complexity index is 494. The van der Waals surface area contributed by atoms with E-state index in [-0.39, 0.29) is 30.3 Å². The molecule has 0 aliphatic heterocycles. The second kappa shape index (κ2) is 7.00. The first-order valence-electron chi connectivity index (χ1n) is 7.22. The largest absolute Gasteiger partial charge is 0.390 e. The number of amides is 1. The number of hydrogen-bond acceptors (Lipinski definition) is 3. The molecule has 0 spiro atoms. The quantitative estimate of drug-likeness (QED) is 0.924. The number of nitrogens with zero attached hydrogens (tertiary/aromatic N) is 1. The van der Waals surface area contributed by atoms with Crippen LogP contribution in [-0.4, -0.2) is 42.3 Å². The molecule has 2 rings (SSSR count). The van der Waals surface area contributed by atoms with E-state index in [4.69, 9.17) is 4.74 Å². The van der Waals surface area contributed by atoms with Gasteiger partial charge in [0.05, 0.1) is 12.2 Å². The van der Waals surface area contributed by atoms with Gasteiger partial charge in [0.2, 0.25) is 5.91 Å². The van der Waals surface area contributed by atoms with E-state index in [1.54, 1.807) is 37.3 Å². The molecule has 116 valence electrons. The van der Waals surface area contributed by atoms with Gasteiger partial charge in [-0.2, -0.15) is 0 Å². The first kappa shape index (κ1) is 15.9. The first-order chi connectivity index (χ1) is 10.0. The molecule has 1 fully saturated rings. The van der Waals surface area contributed by atoms with Crippen LogP contribution in [0.1, 0.15) is 24.8 Å². The predicted octanol–water partition coefficient (Wildman–Crippen LogP) is 1.96. The summed E-state index contributed by atoms with van der Waals surface area (Å²) in [5, 5.41) is 9.78. The maximum Gasteiger partial charge on any atom is 0.225 e. The third-order valence-electron chi connectivity index (χ3n) is 4.15. The molecule has 1 amide bonds. The average molecular weight is 295 g/mol. The molecule has 3 atom stereocenters. The van der Waals surface area contributed by atoms with Crippen LogP contribution in [-0.2, 0) is 16.1 Å². The fourth-order valence-electron chi connectivity index (χ4n) is 2.86. The van der Waals surface area contributed by atoms with Crippen LogP contribution >= 0.6 is 0 Å². The zero-order valence-corrected chi connectivity index (χ0v) is 12.5. The minimum Gasteiger partial charge on any atom is -0.390 e. The molecule has 1 aromatic rings. The summed E-state index contributed by atoms with van der Waals surface area (Å²) in [5.41, 5.74) is 0.507. The molecule has 0 radical (unpaired) electrons. The van der Waals surface area contributed by atoms with Crippen LogP contribution in [0, 0.1) is 11.7 Å². The van der Waals surface area contributed by atoms with Crippen LogP contribution in [0.2, 0.25) is 0 Å². The fraction of sp³-hybridized carbons (Fsp3) is 0.562. The van der Waals surface area contributed by atoms with Gasteiger partial charge in [0.1, 0.15) is 5.82 Å². The second-order valence-corrected chi connectivity index (χ2v) is 5.64. The van der Waals surface area contributed by atoms with E-state index in [1.165, 1.54) is 6.07 Å². The number of aliphatic hydroxyl groups is 1. The number of aliphatic hydroxyl groups excluding tert-OH is 1. The van der Waals surface area contributed by atoms with Crippen LogP contribution in [0.4, 0.5) is 4.39 Å².